The Morgan fingerprint density at radius 2 is 1.47 bits per heavy atom. The van der Waals surface area contributed by atoms with Gasteiger partial charge in [0.15, 0.2) is 0 Å². The summed E-state index contributed by atoms with van der Waals surface area (Å²) in [6.07, 6.45) is 1.22. The van der Waals surface area contributed by atoms with Crippen LogP contribution in [0.1, 0.15) is 17.5 Å². The van der Waals surface area contributed by atoms with Crippen LogP contribution in [0.4, 0.5) is 0 Å². The van der Waals surface area contributed by atoms with Gasteiger partial charge in [0.1, 0.15) is 11.8 Å². The molecule has 0 bridgehead atoms. The Bertz CT molecular complexity index is 1100. The second-order valence-corrected chi connectivity index (χ2v) is 9.31. The Morgan fingerprint density at radius 3 is 2.00 bits per heavy atom. The minimum atomic E-state index is -4.05. The van der Waals surface area contributed by atoms with Crippen molar-refractivity contribution in [2.24, 2.45) is 0 Å². The van der Waals surface area contributed by atoms with E-state index in [1.54, 1.807) is 24.3 Å². The molecule has 0 unspecified atom stereocenters. The molecule has 0 radical (unpaired) electrons. The van der Waals surface area contributed by atoms with Crippen molar-refractivity contribution in [3.8, 4) is 5.75 Å². The van der Waals surface area contributed by atoms with Gasteiger partial charge in [0, 0.05) is 6.54 Å². The molecule has 1 N–H and O–H groups in total. The Kier molecular flexibility index (Phi) is 8.03. The quantitative estimate of drug-likeness (QED) is 0.474. The lowest BCUT2D eigenvalue weighted by molar-refractivity contribution is -0.141. The standard InChI is InChI=1S/C25H27NO5S/c1-31-22-14-16-23(17-15-22)32(29,30)26(18-8-13-20-9-4-2-5-10-20)24(25(27)28)19-21-11-6-3-7-12-21/h2-7,9-12,14-17,24H,8,13,18-19H2,1H3,(H,27,28)/t24-/m0/s1. The molecule has 0 saturated heterocycles. The number of rotatable bonds is 11. The first-order valence-corrected chi connectivity index (χ1v) is 11.8. The molecule has 0 aliphatic heterocycles. The van der Waals surface area contributed by atoms with Gasteiger partial charge in [-0.1, -0.05) is 60.7 Å². The fourth-order valence-corrected chi connectivity index (χ4v) is 5.18. The third-order valence-corrected chi connectivity index (χ3v) is 7.18. The number of carboxylic acid groups (broad SMARTS) is 1. The molecule has 0 amide bonds. The summed E-state index contributed by atoms with van der Waals surface area (Å²) in [5.41, 5.74) is 1.84. The fraction of sp³-hybridized carbons (Fsp3) is 0.240. The van der Waals surface area contributed by atoms with Gasteiger partial charge in [-0.15, -0.1) is 0 Å². The number of nitrogens with zero attached hydrogens (tertiary/aromatic N) is 1. The summed E-state index contributed by atoms with van der Waals surface area (Å²) in [5.74, 6) is -0.649. The van der Waals surface area contributed by atoms with Crippen molar-refractivity contribution in [1.82, 2.24) is 4.31 Å². The van der Waals surface area contributed by atoms with Crippen LogP contribution in [0.5, 0.6) is 5.75 Å². The van der Waals surface area contributed by atoms with E-state index in [1.807, 2.05) is 48.5 Å². The van der Waals surface area contributed by atoms with E-state index in [2.05, 4.69) is 0 Å². The highest BCUT2D eigenvalue weighted by molar-refractivity contribution is 7.89. The molecule has 3 aromatic rings. The van der Waals surface area contributed by atoms with Crippen molar-refractivity contribution in [2.45, 2.75) is 30.2 Å². The van der Waals surface area contributed by atoms with Crippen molar-refractivity contribution >= 4 is 16.0 Å². The van der Waals surface area contributed by atoms with Gasteiger partial charge in [-0.05, 0) is 54.7 Å². The first kappa shape index (κ1) is 23.5. The Labute approximate surface area is 189 Å². The zero-order chi connectivity index (χ0) is 23.0. The molecule has 0 spiro atoms. The van der Waals surface area contributed by atoms with E-state index in [0.29, 0.717) is 18.6 Å². The number of methoxy groups -OCH3 is 1. The number of aliphatic carboxylic acids is 1. The van der Waals surface area contributed by atoms with E-state index in [1.165, 1.54) is 19.2 Å². The maximum atomic E-state index is 13.5. The number of carboxylic acids is 1. The summed E-state index contributed by atoms with van der Waals surface area (Å²) >= 11 is 0. The largest absolute Gasteiger partial charge is 0.497 e. The molecule has 0 saturated carbocycles. The number of aryl methyl sites for hydroxylation is 1. The maximum Gasteiger partial charge on any atom is 0.322 e. The van der Waals surface area contributed by atoms with Gasteiger partial charge in [-0.3, -0.25) is 4.79 Å². The summed E-state index contributed by atoms with van der Waals surface area (Å²) in [5, 5.41) is 9.99. The summed E-state index contributed by atoms with van der Waals surface area (Å²) in [7, 11) is -2.55. The molecule has 0 aromatic heterocycles. The summed E-state index contributed by atoms with van der Waals surface area (Å²) in [4.78, 5) is 12.3. The smallest absolute Gasteiger partial charge is 0.322 e. The molecule has 1 atom stereocenters. The summed E-state index contributed by atoms with van der Waals surface area (Å²) in [6, 6.07) is 23.6. The van der Waals surface area contributed by atoms with Gasteiger partial charge in [0.05, 0.1) is 12.0 Å². The zero-order valence-electron chi connectivity index (χ0n) is 17.9. The number of hydrogen-bond donors (Lipinski definition) is 1. The van der Waals surface area contributed by atoms with Gasteiger partial charge in [-0.2, -0.15) is 4.31 Å². The third-order valence-electron chi connectivity index (χ3n) is 5.26. The second kappa shape index (κ2) is 10.9. The Morgan fingerprint density at radius 1 is 0.906 bits per heavy atom. The van der Waals surface area contributed by atoms with Crippen LogP contribution in [0.15, 0.2) is 89.8 Å². The number of carbonyl (C=O) groups is 1. The topological polar surface area (TPSA) is 83.9 Å². The van der Waals surface area contributed by atoms with Crippen LogP contribution in [0.2, 0.25) is 0 Å². The van der Waals surface area contributed by atoms with Crippen molar-refractivity contribution in [3.05, 3.63) is 96.1 Å². The average Bonchev–Trinajstić information content (AvgIpc) is 2.82. The summed E-state index contributed by atoms with van der Waals surface area (Å²) < 4.78 is 33.3. The molecule has 3 rings (SSSR count). The first-order chi connectivity index (χ1) is 15.4. The minimum absolute atomic E-state index is 0.0392. The van der Waals surface area contributed by atoms with Crippen molar-refractivity contribution < 1.29 is 23.1 Å². The van der Waals surface area contributed by atoms with Crippen LogP contribution in [0.25, 0.3) is 0 Å². The Balaban J connectivity index is 1.91. The highest BCUT2D eigenvalue weighted by Gasteiger charge is 2.35. The molecule has 168 valence electrons. The monoisotopic (exact) mass is 453 g/mol. The Hall–Kier alpha value is -3.16. The van der Waals surface area contributed by atoms with Crippen LogP contribution in [-0.4, -0.2) is 43.5 Å². The van der Waals surface area contributed by atoms with E-state index in [0.717, 1.165) is 15.4 Å². The first-order valence-electron chi connectivity index (χ1n) is 10.4. The predicted molar refractivity (Wildman–Crippen MR) is 123 cm³/mol. The van der Waals surface area contributed by atoms with Gasteiger partial charge >= 0.3 is 5.97 Å². The van der Waals surface area contributed by atoms with E-state index < -0.39 is 22.0 Å². The number of hydrogen-bond acceptors (Lipinski definition) is 4. The maximum absolute atomic E-state index is 13.5. The number of benzene rings is 3. The predicted octanol–water partition coefficient (Wildman–Crippen LogP) is 4.01. The van der Waals surface area contributed by atoms with E-state index in [-0.39, 0.29) is 17.9 Å². The van der Waals surface area contributed by atoms with Gasteiger partial charge < -0.3 is 9.84 Å². The lowest BCUT2D eigenvalue weighted by atomic mass is 10.1. The lowest BCUT2D eigenvalue weighted by Gasteiger charge is -2.28. The van der Waals surface area contributed by atoms with Crippen LogP contribution in [0.3, 0.4) is 0 Å². The average molecular weight is 454 g/mol. The molecule has 0 aliphatic rings. The third kappa shape index (κ3) is 5.96. The molecule has 32 heavy (non-hydrogen) atoms. The molecule has 0 aliphatic carbocycles. The molecule has 0 heterocycles. The van der Waals surface area contributed by atoms with Crippen LogP contribution in [0, 0.1) is 0 Å². The lowest BCUT2D eigenvalue weighted by Crippen LogP contribution is -2.46. The fourth-order valence-electron chi connectivity index (χ4n) is 3.56. The number of sulfonamides is 1. The minimum Gasteiger partial charge on any atom is -0.497 e. The van der Waals surface area contributed by atoms with E-state index >= 15 is 0 Å². The van der Waals surface area contributed by atoms with E-state index in [4.69, 9.17) is 4.74 Å². The molecular weight excluding hydrogens is 426 g/mol. The van der Waals surface area contributed by atoms with Crippen LogP contribution in [-0.2, 0) is 27.7 Å². The normalized spacial score (nSPS) is 12.4. The molecule has 0 fully saturated rings. The zero-order valence-corrected chi connectivity index (χ0v) is 18.7. The molecule has 6 nitrogen and oxygen atoms in total. The van der Waals surface area contributed by atoms with Gasteiger partial charge in [0.2, 0.25) is 10.0 Å². The van der Waals surface area contributed by atoms with Crippen molar-refractivity contribution in [1.29, 1.82) is 0 Å². The van der Waals surface area contributed by atoms with Gasteiger partial charge in [0.25, 0.3) is 0 Å². The van der Waals surface area contributed by atoms with Crippen LogP contribution < -0.4 is 4.74 Å². The second-order valence-electron chi connectivity index (χ2n) is 7.42. The van der Waals surface area contributed by atoms with E-state index in [9.17, 15) is 18.3 Å². The van der Waals surface area contributed by atoms with Gasteiger partial charge in [-0.25, -0.2) is 8.42 Å². The summed E-state index contributed by atoms with van der Waals surface area (Å²) in [6.45, 7) is 0.0903. The number of ether oxygens (including phenoxy) is 1. The molecule has 7 heteroatoms. The van der Waals surface area contributed by atoms with Crippen LogP contribution >= 0.6 is 0 Å². The highest BCUT2D eigenvalue weighted by Crippen LogP contribution is 2.24. The SMILES string of the molecule is COc1ccc(S(=O)(=O)N(CCCc2ccccc2)[C@@H](Cc2ccccc2)C(=O)O)cc1. The van der Waals surface area contributed by atoms with Crippen molar-refractivity contribution in [3.63, 3.8) is 0 Å². The van der Waals surface area contributed by atoms with Crippen molar-refractivity contribution in [2.75, 3.05) is 13.7 Å². The molecule has 3 aromatic carbocycles. The highest BCUT2D eigenvalue weighted by atomic mass is 32.2. The molecular formula is C25H27NO5S.